The molecule has 0 aliphatic heterocycles. The second-order valence-electron chi connectivity index (χ2n) is 8.13. The van der Waals surface area contributed by atoms with E-state index in [1.165, 1.54) is 0 Å². The molecule has 0 unspecified atom stereocenters. The molecule has 9 heteroatoms. The minimum absolute atomic E-state index is 0.624. The summed E-state index contributed by atoms with van der Waals surface area (Å²) in [6, 6.07) is 20.0. The van der Waals surface area contributed by atoms with Gasteiger partial charge in [0.15, 0.2) is 0 Å². The monoisotopic (exact) mass is 562 g/mol. The molecule has 0 aliphatic carbocycles. The van der Waals surface area contributed by atoms with Crippen LogP contribution in [0.5, 0.6) is 11.5 Å². The number of thioether (sulfide) groups is 2. The van der Waals surface area contributed by atoms with Crippen LogP contribution in [-0.2, 0) is 11.8 Å². The van der Waals surface area contributed by atoms with Gasteiger partial charge >= 0.3 is 5.95 Å². The number of rotatable bonds is 12. The molecular weight excluding hydrogens is 533 g/mol. The molecule has 0 bridgehead atoms. The summed E-state index contributed by atoms with van der Waals surface area (Å²) >= 11 is 16.0. The lowest BCUT2D eigenvalue weighted by Gasteiger charge is -2.09. The Balaban J connectivity index is 1.53. The predicted octanol–water partition coefficient (Wildman–Crippen LogP) is 7.90. The van der Waals surface area contributed by atoms with Crippen molar-refractivity contribution in [2.24, 2.45) is 0 Å². The first kappa shape index (κ1) is 26.9. The number of imidazole rings is 1. The SMILES string of the molecule is CCCOc1cc(SCn2c(N)[n+](CSc3ccc(Cl)c(OCCC)c3)c3ccccc32)ccc1Cl. The summed E-state index contributed by atoms with van der Waals surface area (Å²) in [5.74, 6) is 3.45. The maximum Gasteiger partial charge on any atom is 0.357 e. The average molecular weight is 564 g/mol. The van der Waals surface area contributed by atoms with Crippen LogP contribution in [0.2, 0.25) is 10.0 Å². The van der Waals surface area contributed by atoms with Gasteiger partial charge < -0.3 is 9.47 Å². The zero-order chi connectivity index (χ0) is 25.5. The number of fused-ring (bicyclic) bond motifs is 1. The molecular formula is C27H30Cl2N3O2S2+. The van der Waals surface area contributed by atoms with E-state index in [1.54, 1.807) is 23.5 Å². The second-order valence-corrected chi connectivity index (χ2v) is 11.0. The number of ether oxygens (including phenoxy) is 2. The molecule has 0 atom stereocenters. The summed E-state index contributed by atoms with van der Waals surface area (Å²) in [6.45, 7) is 5.43. The van der Waals surface area contributed by atoms with Gasteiger partial charge in [-0.15, -0.1) is 0 Å². The number of nitrogens with zero attached hydrogens (tertiary/aromatic N) is 2. The Bertz CT molecular complexity index is 1230. The third-order valence-corrected chi connectivity index (χ3v) is 8.04. The lowest BCUT2D eigenvalue weighted by atomic mass is 10.3. The Morgan fingerprint density at radius 1 is 0.833 bits per heavy atom. The number of anilines is 1. The van der Waals surface area contributed by atoms with Crippen molar-refractivity contribution < 1.29 is 14.0 Å². The van der Waals surface area contributed by atoms with Crippen LogP contribution in [0.25, 0.3) is 11.0 Å². The Morgan fingerprint density at radius 2 is 1.42 bits per heavy atom. The summed E-state index contributed by atoms with van der Waals surface area (Å²) in [5.41, 5.74) is 8.86. The number of nitrogens with two attached hydrogens (primary N) is 1. The Labute approximate surface area is 230 Å². The molecule has 4 rings (SSSR count). The fraction of sp³-hybridized carbons (Fsp3) is 0.296. The number of hydrogen-bond acceptors (Lipinski definition) is 5. The van der Waals surface area contributed by atoms with Gasteiger partial charge in [-0.1, -0.05) is 72.7 Å². The fourth-order valence-corrected chi connectivity index (χ4v) is 5.81. The van der Waals surface area contributed by atoms with Gasteiger partial charge in [-0.2, -0.15) is 0 Å². The van der Waals surface area contributed by atoms with Gasteiger partial charge in [-0.25, -0.2) is 9.13 Å². The van der Waals surface area contributed by atoms with Crippen LogP contribution in [0, 0.1) is 0 Å². The number of hydrogen-bond donors (Lipinski definition) is 1. The van der Waals surface area contributed by atoms with Crippen molar-refractivity contribution in [3.63, 3.8) is 0 Å². The smallest absolute Gasteiger partial charge is 0.357 e. The molecule has 0 saturated carbocycles. The third kappa shape index (κ3) is 6.38. The van der Waals surface area contributed by atoms with Crippen LogP contribution in [0.4, 0.5) is 5.95 Å². The molecule has 0 radical (unpaired) electrons. The Hall–Kier alpha value is -2.19. The van der Waals surface area contributed by atoms with E-state index in [9.17, 15) is 0 Å². The molecule has 1 heterocycles. The van der Waals surface area contributed by atoms with E-state index in [-0.39, 0.29) is 0 Å². The first-order valence-corrected chi connectivity index (χ1v) is 14.6. The number of halogens is 2. The summed E-state index contributed by atoms with van der Waals surface area (Å²) in [7, 11) is 0. The van der Waals surface area contributed by atoms with E-state index in [0.717, 1.165) is 33.7 Å². The fourth-order valence-electron chi connectivity index (χ4n) is 3.65. The van der Waals surface area contributed by atoms with Gasteiger partial charge in [0.25, 0.3) is 0 Å². The van der Waals surface area contributed by atoms with Crippen LogP contribution < -0.4 is 19.8 Å². The molecule has 0 amide bonds. The maximum atomic E-state index is 6.69. The van der Waals surface area contributed by atoms with E-state index in [0.29, 0.717) is 52.5 Å². The van der Waals surface area contributed by atoms with E-state index >= 15 is 0 Å². The van der Waals surface area contributed by atoms with Gasteiger partial charge in [-0.3, -0.25) is 5.73 Å². The molecule has 2 N–H and O–H groups in total. The van der Waals surface area contributed by atoms with Gasteiger partial charge in [0.05, 0.1) is 23.3 Å². The molecule has 190 valence electrons. The van der Waals surface area contributed by atoms with Crippen LogP contribution in [0.15, 0.2) is 70.5 Å². The number of aromatic nitrogens is 2. The van der Waals surface area contributed by atoms with Crippen molar-refractivity contribution in [3.05, 3.63) is 70.7 Å². The summed E-state index contributed by atoms with van der Waals surface area (Å²) in [5, 5.41) is 1.25. The van der Waals surface area contributed by atoms with Crippen molar-refractivity contribution in [3.8, 4) is 11.5 Å². The molecule has 0 spiro atoms. The van der Waals surface area contributed by atoms with E-state index in [1.807, 2.05) is 48.5 Å². The standard InChI is InChI=1S/C27H29Cl2N3O2S2/c1-3-13-33-25-15-19(9-11-21(25)28)35-17-31-23-7-5-6-8-24(23)32(27(31)30)18-36-20-10-12-22(29)26(16-20)34-14-4-2/h5-12,15-16,30H,3-4,13-14,17-18H2,1-2H3/p+1. The van der Waals surface area contributed by atoms with Crippen LogP contribution in [-0.4, -0.2) is 17.8 Å². The first-order chi connectivity index (χ1) is 17.5. The topological polar surface area (TPSA) is 53.3 Å². The quantitative estimate of drug-likeness (QED) is 0.140. The zero-order valence-electron chi connectivity index (χ0n) is 20.4. The van der Waals surface area contributed by atoms with Gasteiger partial charge in [0.2, 0.25) is 0 Å². The predicted molar refractivity (Wildman–Crippen MR) is 153 cm³/mol. The summed E-state index contributed by atoms with van der Waals surface area (Å²) in [4.78, 5) is 2.15. The van der Waals surface area contributed by atoms with E-state index in [4.69, 9.17) is 38.4 Å². The van der Waals surface area contributed by atoms with Crippen LogP contribution in [0.3, 0.4) is 0 Å². The second kappa shape index (κ2) is 12.9. The number of benzene rings is 3. The molecule has 36 heavy (non-hydrogen) atoms. The highest BCUT2D eigenvalue weighted by atomic mass is 35.5. The van der Waals surface area contributed by atoms with Crippen molar-refractivity contribution in [2.75, 3.05) is 18.9 Å². The molecule has 0 saturated heterocycles. The lowest BCUT2D eigenvalue weighted by molar-refractivity contribution is -0.635. The molecule has 3 aromatic carbocycles. The van der Waals surface area contributed by atoms with Gasteiger partial charge in [-0.05, 0) is 61.4 Å². The first-order valence-electron chi connectivity index (χ1n) is 11.9. The molecule has 1 aromatic heterocycles. The van der Waals surface area contributed by atoms with Crippen molar-refractivity contribution in [1.29, 1.82) is 0 Å². The van der Waals surface area contributed by atoms with E-state index in [2.05, 4.69) is 35.1 Å². The largest absolute Gasteiger partial charge is 0.492 e. The van der Waals surface area contributed by atoms with Crippen LogP contribution >= 0.6 is 46.7 Å². The van der Waals surface area contributed by atoms with Crippen molar-refractivity contribution in [2.45, 2.75) is 48.2 Å². The Morgan fingerprint density at radius 3 is 2.03 bits per heavy atom. The third-order valence-electron chi connectivity index (χ3n) is 5.47. The highest BCUT2D eigenvalue weighted by molar-refractivity contribution is 7.98. The zero-order valence-corrected chi connectivity index (χ0v) is 23.5. The highest BCUT2D eigenvalue weighted by Crippen LogP contribution is 2.33. The minimum atomic E-state index is 0.624. The van der Waals surface area contributed by atoms with Gasteiger partial charge in [0.1, 0.15) is 34.3 Å². The molecule has 5 nitrogen and oxygen atoms in total. The van der Waals surface area contributed by atoms with E-state index < -0.39 is 0 Å². The van der Waals surface area contributed by atoms with Gasteiger partial charge in [0, 0.05) is 9.79 Å². The highest BCUT2D eigenvalue weighted by Gasteiger charge is 2.21. The van der Waals surface area contributed by atoms with Crippen molar-refractivity contribution in [1.82, 2.24) is 4.57 Å². The summed E-state index contributed by atoms with van der Waals surface area (Å²) in [6.07, 6.45) is 1.86. The number of nitrogen functional groups attached to an aromatic ring is 1. The number of para-hydroxylation sites is 2. The maximum absolute atomic E-state index is 6.69. The average Bonchev–Trinajstić information content (AvgIpc) is 3.16. The summed E-state index contributed by atoms with van der Waals surface area (Å²) < 4.78 is 15.9. The molecule has 0 fully saturated rings. The molecule has 0 aliphatic rings. The molecule has 4 aromatic rings. The lowest BCUT2D eigenvalue weighted by Crippen LogP contribution is -2.35. The minimum Gasteiger partial charge on any atom is -0.492 e. The normalized spacial score (nSPS) is 11.2. The van der Waals surface area contributed by atoms with Crippen molar-refractivity contribution >= 4 is 63.7 Å². The Kier molecular flexibility index (Phi) is 9.60. The van der Waals surface area contributed by atoms with Crippen LogP contribution in [0.1, 0.15) is 26.7 Å².